The summed E-state index contributed by atoms with van der Waals surface area (Å²) in [5, 5.41) is 0. The topological polar surface area (TPSA) is 0 Å². The lowest BCUT2D eigenvalue weighted by atomic mass is 10.1. The first kappa shape index (κ1) is 6.74. The molecule has 0 spiro atoms. The normalized spacial score (nSPS) is 11.4. The minimum absolute atomic E-state index is 0.566. The van der Waals surface area contributed by atoms with Gasteiger partial charge < -0.3 is 0 Å². The summed E-state index contributed by atoms with van der Waals surface area (Å²) in [6.07, 6.45) is 5.30. The van der Waals surface area contributed by atoms with Crippen LogP contribution in [0.1, 0.15) is 20.3 Å². The second kappa shape index (κ2) is 3.91. The summed E-state index contributed by atoms with van der Waals surface area (Å²) in [6, 6.07) is 0. The highest BCUT2D eigenvalue weighted by Gasteiger charge is 1.84. The fourth-order valence-electron chi connectivity index (χ4n) is 0.368. The molecule has 0 amide bonds. The van der Waals surface area contributed by atoms with Gasteiger partial charge in [0.15, 0.2) is 0 Å². The van der Waals surface area contributed by atoms with Crippen molar-refractivity contribution in [1.29, 1.82) is 0 Å². The zero-order valence-electron chi connectivity index (χ0n) is 5.15. The second-order valence-corrected chi connectivity index (χ2v) is 1.91. The van der Waals surface area contributed by atoms with Crippen molar-refractivity contribution >= 4 is 0 Å². The van der Waals surface area contributed by atoms with Crippen LogP contribution in [0.5, 0.6) is 0 Å². The van der Waals surface area contributed by atoms with E-state index in [0.29, 0.717) is 5.92 Å². The van der Waals surface area contributed by atoms with E-state index in [4.69, 9.17) is 0 Å². The van der Waals surface area contributed by atoms with Crippen molar-refractivity contribution in [3.05, 3.63) is 19.1 Å². The first-order valence-corrected chi connectivity index (χ1v) is 2.71. The maximum atomic E-state index is 3.82. The van der Waals surface area contributed by atoms with Crippen molar-refractivity contribution in [2.45, 2.75) is 20.3 Å². The maximum Gasteiger partial charge on any atom is -0.0325 e. The van der Waals surface area contributed by atoms with Crippen LogP contribution in [-0.2, 0) is 0 Å². The van der Waals surface area contributed by atoms with Crippen LogP contribution in [0.15, 0.2) is 12.2 Å². The Kier molecular flexibility index (Phi) is 3.77. The van der Waals surface area contributed by atoms with Crippen LogP contribution in [0.2, 0.25) is 0 Å². The van der Waals surface area contributed by atoms with Gasteiger partial charge in [-0.05, 0) is 19.3 Å². The largest absolute Gasteiger partial charge is 0.0917 e. The van der Waals surface area contributed by atoms with E-state index in [1.807, 2.05) is 6.92 Å². The predicted molar refractivity (Wildman–Crippen MR) is 34.0 cm³/mol. The Morgan fingerprint density at radius 2 is 2.29 bits per heavy atom. The molecule has 0 N–H and O–H groups in total. The van der Waals surface area contributed by atoms with Crippen molar-refractivity contribution < 1.29 is 0 Å². The molecule has 0 saturated carbocycles. The molecule has 1 radical (unpaired) electrons. The Balaban J connectivity index is 2.97. The van der Waals surface area contributed by atoms with Gasteiger partial charge in [-0.15, -0.1) is 0 Å². The highest BCUT2D eigenvalue weighted by Crippen LogP contribution is 1.97. The van der Waals surface area contributed by atoms with E-state index in [1.165, 1.54) is 0 Å². The van der Waals surface area contributed by atoms with Crippen molar-refractivity contribution in [2.24, 2.45) is 5.92 Å². The van der Waals surface area contributed by atoms with E-state index in [9.17, 15) is 0 Å². The van der Waals surface area contributed by atoms with Crippen molar-refractivity contribution in [3.8, 4) is 0 Å². The van der Waals surface area contributed by atoms with Crippen LogP contribution in [0.4, 0.5) is 0 Å². The molecule has 41 valence electrons. The van der Waals surface area contributed by atoms with Gasteiger partial charge in [0, 0.05) is 0 Å². The molecule has 0 aromatic heterocycles. The quantitative estimate of drug-likeness (QED) is 0.464. The smallest absolute Gasteiger partial charge is 0.0325 e. The van der Waals surface area contributed by atoms with Gasteiger partial charge in [0.1, 0.15) is 0 Å². The summed E-state index contributed by atoms with van der Waals surface area (Å²) in [7, 11) is 0. The van der Waals surface area contributed by atoms with Crippen LogP contribution in [0, 0.1) is 12.8 Å². The molecular formula is C7H13. The lowest BCUT2D eigenvalue weighted by molar-refractivity contribution is 0.739. The fraction of sp³-hybridized carbons (Fsp3) is 0.571. The minimum atomic E-state index is 0.566. The molecule has 0 bridgehead atoms. The number of rotatable bonds is 2. The van der Waals surface area contributed by atoms with Gasteiger partial charge in [-0.3, -0.25) is 0 Å². The average molecular weight is 97.2 g/mol. The highest BCUT2D eigenvalue weighted by molar-refractivity contribution is 4.79. The zero-order valence-corrected chi connectivity index (χ0v) is 5.15. The highest BCUT2D eigenvalue weighted by atomic mass is 13.9. The summed E-state index contributed by atoms with van der Waals surface area (Å²) < 4.78 is 0. The van der Waals surface area contributed by atoms with Crippen molar-refractivity contribution in [2.75, 3.05) is 0 Å². The third kappa shape index (κ3) is 5.74. The van der Waals surface area contributed by atoms with E-state index in [2.05, 4.69) is 26.0 Å². The van der Waals surface area contributed by atoms with E-state index in [0.717, 1.165) is 6.42 Å². The van der Waals surface area contributed by atoms with Crippen molar-refractivity contribution in [3.63, 3.8) is 0 Å². The van der Waals surface area contributed by atoms with Gasteiger partial charge in [-0.1, -0.05) is 26.0 Å². The molecule has 7 heavy (non-hydrogen) atoms. The molecule has 0 fully saturated rings. The average Bonchev–Trinajstić information content (AvgIpc) is 1.61. The lowest BCUT2D eigenvalue weighted by Crippen LogP contribution is -1.80. The van der Waals surface area contributed by atoms with Crippen molar-refractivity contribution in [1.82, 2.24) is 0 Å². The third-order valence-electron chi connectivity index (χ3n) is 0.774. The number of hydrogen-bond donors (Lipinski definition) is 0. The Labute approximate surface area is 46.2 Å². The Bertz CT molecular complexity index is 51.1. The van der Waals surface area contributed by atoms with Gasteiger partial charge in [0.2, 0.25) is 0 Å². The van der Waals surface area contributed by atoms with Gasteiger partial charge in [0.25, 0.3) is 0 Å². The van der Waals surface area contributed by atoms with E-state index in [-0.39, 0.29) is 0 Å². The fourth-order valence-corrected chi connectivity index (χ4v) is 0.368. The summed E-state index contributed by atoms with van der Waals surface area (Å²) in [5.74, 6) is 0.566. The number of allylic oxidation sites excluding steroid dienone is 2. The zero-order chi connectivity index (χ0) is 5.70. The van der Waals surface area contributed by atoms with Gasteiger partial charge >= 0.3 is 0 Å². The molecular weight excluding hydrogens is 84.1 g/mol. The summed E-state index contributed by atoms with van der Waals surface area (Å²) in [4.78, 5) is 0. The van der Waals surface area contributed by atoms with Crippen LogP contribution in [0.25, 0.3) is 0 Å². The van der Waals surface area contributed by atoms with Crippen LogP contribution in [-0.4, -0.2) is 0 Å². The molecule has 1 atom stereocenters. The molecule has 0 aliphatic rings. The first-order chi connectivity index (χ1) is 3.27. The Morgan fingerprint density at radius 3 is 2.43 bits per heavy atom. The van der Waals surface area contributed by atoms with Gasteiger partial charge in [-0.25, -0.2) is 0 Å². The lowest BCUT2D eigenvalue weighted by Gasteiger charge is -1.93. The molecule has 0 aromatic carbocycles. The minimum Gasteiger partial charge on any atom is -0.0917 e. The molecule has 0 heterocycles. The molecule has 0 saturated heterocycles. The summed E-state index contributed by atoms with van der Waals surface area (Å²) in [5.41, 5.74) is 0. The molecule has 0 aliphatic carbocycles. The molecule has 0 heteroatoms. The number of hydrogen-bond acceptors (Lipinski definition) is 0. The van der Waals surface area contributed by atoms with E-state index in [1.54, 1.807) is 0 Å². The van der Waals surface area contributed by atoms with E-state index < -0.39 is 0 Å². The first-order valence-electron chi connectivity index (χ1n) is 2.71. The summed E-state index contributed by atoms with van der Waals surface area (Å²) >= 11 is 0. The van der Waals surface area contributed by atoms with E-state index >= 15 is 0 Å². The third-order valence-corrected chi connectivity index (χ3v) is 0.774. The maximum absolute atomic E-state index is 3.82. The standard InChI is InChI=1S/C7H13/c1-4-5-6-7(2)3/h4-5,7H,2,6H2,1,3H3. The molecule has 0 nitrogen and oxygen atoms in total. The molecule has 0 rings (SSSR count). The molecule has 1 unspecified atom stereocenters. The Morgan fingerprint density at radius 1 is 1.71 bits per heavy atom. The second-order valence-electron chi connectivity index (χ2n) is 1.91. The summed E-state index contributed by atoms with van der Waals surface area (Å²) in [6.45, 7) is 7.97. The SMILES string of the molecule is [CH2]C(C)CC=CC. The Hall–Kier alpha value is -0.260. The molecule has 0 aromatic rings. The molecule has 0 aliphatic heterocycles. The van der Waals surface area contributed by atoms with Crippen LogP contribution < -0.4 is 0 Å². The van der Waals surface area contributed by atoms with Gasteiger partial charge in [-0.2, -0.15) is 0 Å². The predicted octanol–water partition coefficient (Wildman–Crippen LogP) is 2.42. The van der Waals surface area contributed by atoms with Crippen LogP contribution in [0.3, 0.4) is 0 Å². The monoisotopic (exact) mass is 97.1 g/mol. The van der Waals surface area contributed by atoms with Crippen LogP contribution >= 0.6 is 0 Å². The van der Waals surface area contributed by atoms with Gasteiger partial charge in [0.05, 0.1) is 0 Å².